The largest absolute Gasteiger partial charge is 0.490 e. The fraction of sp³-hybridized carbons (Fsp3) is 0.231. The monoisotopic (exact) mass is 262 g/mol. The van der Waals surface area contributed by atoms with Crippen LogP contribution in [-0.2, 0) is 0 Å². The molecule has 0 spiro atoms. The summed E-state index contributed by atoms with van der Waals surface area (Å²) in [5.74, 6) is 1.26. The van der Waals surface area contributed by atoms with E-state index in [1.807, 2.05) is 6.92 Å². The zero-order chi connectivity index (χ0) is 13.7. The third kappa shape index (κ3) is 3.09. The molecule has 0 aliphatic rings. The Balaban J connectivity index is 2.31. The number of hydrogen-bond acceptors (Lipinski definition) is 5. The van der Waals surface area contributed by atoms with Gasteiger partial charge in [0.2, 0.25) is 5.75 Å². The van der Waals surface area contributed by atoms with Crippen LogP contribution in [0.1, 0.15) is 6.92 Å². The molecule has 0 fully saturated rings. The standard InChI is InChI=1S/C13H15FN4O/c1-3-15-12-11(19-2)13(17-8-16-12)18-10-6-4-5-9(14)7-10/h4-8H,3H2,1-2H3,(H2,15,16,17,18). The van der Waals surface area contributed by atoms with Crippen molar-refractivity contribution < 1.29 is 9.13 Å². The van der Waals surface area contributed by atoms with Gasteiger partial charge < -0.3 is 15.4 Å². The summed E-state index contributed by atoms with van der Waals surface area (Å²) in [7, 11) is 1.54. The van der Waals surface area contributed by atoms with Gasteiger partial charge in [-0.1, -0.05) is 6.07 Å². The van der Waals surface area contributed by atoms with Crippen molar-refractivity contribution in [2.45, 2.75) is 6.92 Å². The summed E-state index contributed by atoms with van der Waals surface area (Å²) in [6, 6.07) is 6.13. The van der Waals surface area contributed by atoms with E-state index in [0.717, 1.165) is 0 Å². The van der Waals surface area contributed by atoms with Crippen molar-refractivity contribution in [2.75, 3.05) is 24.3 Å². The van der Waals surface area contributed by atoms with E-state index in [1.165, 1.54) is 25.6 Å². The van der Waals surface area contributed by atoms with Crippen molar-refractivity contribution in [1.82, 2.24) is 9.97 Å². The van der Waals surface area contributed by atoms with Gasteiger partial charge in [0.05, 0.1) is 7.11 Å². The molecular weight excluding hydrogens is 247 g/mol. The third-order valence-corrected chi connectivity index (χ3v) is 2.44. The highest BCUT2D eigenvalue weighted by atomic mass is 19.1. The second-order valence-electron chi connectivity index (χ2n) is 3.77. The number of benzene rings is 1. The maximum atomic E-state index is 13.1. The molecule has 0 atom stereocenters. The number of methoxy groups -OCH3 is 1. The van der Waals surface area contributed by atoms with Crippen molar-refractivity contribution in [3.63, 3.8) is 0 Å². The molecule has 100 valence electrons. The Morgan fingerprint density at radius 2 is 2.05 bits per heavy atom. The Morgan fingerprint density at radius 3 is 2.74 bits per heavy atom. The zero-order valence-corrected chi connectivity index (χ0v) is 10.8. The van der Waals surface area contributed by atoms with Crippen molar-refractivity contribution in [2.24, 2.45) is 0 Å². The molecule has 1 heterocycles. The normalized spacial score (nSPS) is 10.1. The van der Waals surface area contributed by atoms with Crippen LogP contribution in [0.5, 0.6) is 5.75 Å². The Kier molecular flexibility index (Phi) is 4.12. The van der Waals surface area contributed by atoms with Crippen LogP contribution in [0.4, 0.5) is 21.7 Å². The summed E-state index contributed by atoms with van der Waals surface area (Å²) in [4.78, 5) is 8.21. The van der Waals surface area contributed by atoms with Crippen LogP contribution in [0.25, 0.3) is 0 Å². The molecular formula is C13H15FN4O. The smallest absolute Gasteiger partial charge is 0.204 e. The summed E-state index contributed by atoms with van der Waals surface area (Å²) >= 11 is 0. The first-order chi connectivity index (χ1) is 9.24. The van der Waals surface area contributed by atoms with Crippen molar-refractivity contribution in [3.8, 4) is 5.75 Å². The fourth-order valence-electron chi connectivity index (χ4n) is 1.65. The lowest BCUT2D eigenvalue weighted by Crippen LogP contribution is -2.05. The van der Waals surface area contributed by atoms with Crippen LogP contribution in [-0.4, -0.2) is 23.6 Å². The van der Waals surface area contributed by atoms with Crippen molar-refractivity contribution in [1.29, 1.82) is 0 Å². The Labute approximate surface area is 110 Å². The molecule has 0 saturated heterocycles. The summed E-state index contributed by atoms with van der Waals surface area (Å²) < 4.78 is 18.4. The van der Waals surface area contributed by atoms with Gasteiger partial charge in [0, 0.05) is 12.2 Å². The van der Waals surface area contributed by atoms with Crippen LogP contribution >= 0.6 is 0 Å². The first-order valence-electron chi connectivity index (χ1n) is 5.90. The summed E-state index contributed by atoms with van der Waals surface area (Å²) in [5.41, 5.74) is 0.597. The fourth-order valence-corrected chi connectivity index (χ4v) is 1.65. The average molecular weight is 262 g/mol. The molecule has 6 heteroatoms. The lowest BCUT2D eigenvalue weighted by atomic mass is 10.3. The van der Waals surface area contributed by atoms with Gasteiger partial charge in [0.1, 0.15) is 12.1 Å². The quantitative estimate of drug-likeness (QED) is 0.867. The van der Waals surface area contributed by atoms with Gasteiger partial charge >= 0.3 is 0 Å². The van der Waals surface area contributed by atoms with Crippen molar-refractivity contribution in [3.05, 3.63) is 36.4 Å². The Hall–Kier alpha value is -2.37. The second-order valence-corrected chi connectivity index (χ2v) is 3.77. The molecule has 2 rings (SSSR count). The molecule has 0 amide bonds. The lowest BCUT2D eigenvalue weighted by Gasteiger charge is -2.13. The maximum Gasteiger partial charge on any atom is 0.204 e. The van der Waals surface area contributed by atoms with Gasteiger partial charge in [0.15, 0.2) is 11.6 Å². The van der Waals surface area contributed by atoms with Gasteiger partial charge in [-0.25, -0.2) is 14.4 Å². The van der Waals surface area contributed by atoms with E-state index in [4.69, 9.17) is 4.74 Å². The van der Waals surface area contributed by atoms with E-state index in [0.29, 0.717) is 29.6 Å². The van der Waals surface area contributed by atoms with Crippen LogP contribution in [0.15, 0.2) is 30.6 Å². The predicted octanol–water partition coefficient (Wildman–Crippen LogP) is 2.80. The van der Waals surface area contributed by atoms with E-state index in [1.54, 1.807) is 12.1 Å². The van der Waals surface area contributed by atoms with E-state index >= 15 is 0 Å². The van der Waals surface area contributed by atoms with E-state index in [2.05, 4.69) is 20.6 Å². The SMILES string of the molecule is CCNc1ncnc(Nc2cccc(F)c2)c1OC. The minimum Gasteiger partial charge on any atom is -0.490 e. The second kappa shape index (κ2) is 5.99. The van der Waals surface area contributed by atoms with E-state index in [9.17, 15) is 4.39 Å². The highest BCUT2D eigenvalue weighted by Crippen LogP contribution is 2.31. The molecule has 0 radical (unpaired) electrons. The Bertz CT molecular complexity index is 562. The summed E-state index contributed by atoms with van der Waals surface area (Å²) in [6.45, 7) is 2.67. The predicted molar refractivity (Wildman–Crippen MR) is 72.4 cm³/mol. The summed E-state index contributed by atoms with van der Waals surface area (Å²) in [5, 5.41) is 6.08. The van der Waals surface area contributed by atoms with Gasteiger partial charge in [-0.2, -0.15) is 0 Å². The zero-order valence-electron chi connectivity index (χ0n) is 10.8. The average Bonchev–Trinajstić information content (AvgIpc) is 2.39. The molecule has 19 heavy (non-hydrogen) atoms. The molecule has 0 aliphatic carbocycles. The number of hydrogen-bond donors (Lipinski definition) is 2. The highest BCUT2D eigenvalue weighted by Gasteiger charge is 2.11. The molecule has 0 unspecified atom stereocenters. The van der Waals surface area contributed by atoms with E-state index in [-0.39, 0.29) is 5.82 Å². The number of rotatable bonds is 5. The van der Waals surface area contributed by atoms with Gasteiger partial charge in [0.25, 0.3) is 0 Å². The Morgan fingerprint density at radius 1 is 1.26 bits per heavy atom. The minimum absolute atomic E-state index is 0.315. The molecule has 0 aliphatic heterocycles. The maximum absolute atomic E-state index is 13.1. The van der Waals surface area contributed by atoms with Gasteiger partial charge in [-0.15, -0.1) is 0 Å². The van der Waals surface area contributed by atoms with Crippen molar-refractivity contribution >= 4 is 17.3 Å². The van der Waals surface area contributed by atoms with Crippen LogP contribution in [0.2, 0.25) is 0 Å². The van der Waals surface area contributed by atoms with Crippen LogP contribution < -0.4 is 15.4 Å². The number of aromatic nitrogens is 2. The first-order valence-corrected chi connectivity index (χ1v) is 5.90. The number of ether oxygens (including phenoxy) is 1. The number of halogens is 1. The topological polar surface area (TPSA) is 59.1 Å². The molecule has 2 aromatic rings. The number of nitrogens with zero attached hydrogens (tertiary/aromatic N) is 2. The molecule has 2 N–H and O–H groups in total. The van der Waals surface area contributed by atoms with E-state index < -0.39 is 0 Å². The van der Waals surface area contributed by atoms with Crippen LogP contribution in [0.3, 0.4) is 0 Å². The number of nitrogens with one attached hydrogen (secondary N) is 2. The lowest BCUT2D eigenvalue weighted by molar-refractivity contribution is 0.415. The highest BCUT2D eigenvalue weighted by molar-refractivity contribution is 5.69. The molecule has 5 nitrogen and oxygen atoms in total. The van der Waals surface area contributed by atoms with Crippen LogP contribution in [0, 0.1) is 5.82 Å². The molecule has 0 bridgehead atoms. The minimum atomic E-state index is -0.315. The summed E-state index contributed by atoms with van der Waals surface area (Å²) in [6.07, 6.45) is 1.42. The first kappa shape index (κ1) is 13.1. The molecule has 1 aromatic heterocycles. The van der Waals surface area contributed by atoms with Gasteiger partial charge in [-0.05, 0) is 25.1 Å². The molecule has 1 aromatic carbocycles. The van der Waals surface area contributed by atoms with Gasteiger partial charge in [-0.3, -0.25) is 0 Å². The molecule has 0 saturated carbocycles. The number of anilines is 3. The third-order valence-electron chi connectivity index (χ3n) is 2.44.